The van der Waals surface area contributed by atoms with Crippen molar-refractivity contribution in [2.45, 2.75) is 32.9 Å². The molecule has 3 rings (SSSR count). The molecule has 0 spiro atoms. The van der Waals surface area contributed by atoms with Crippen LogP contribution in [0.1, 0.15) is 31.2 Å². The van der Waals surface area contributed by atoms with E-state index in [0.29, 0.717) is 29.7 Å². The summed E-state index contributed by atoms with van der Waals surface area (Å²) in [5.74, 6) is 0.561. The second-order valence-corrected chi connectivity index (χ2v) is 6.02. The van der Waals surface area contributed by atoms with Gasteiger partial charge in [0.05, 0.1) is 17.4 Å². The molecule has 0 aliphatic heterocycles. The van der Waals surface area contributed by atoms with Crippen LogP contribution in [0, 0.1) is 0 Å². The van der Waals surface area contributed by atoms with Crippen molar-refractivity contribution in [2.75, 3.05) is 0 Å². The molecule has 0 unspecified atom stereocenters. The Kier molecular flexibility index (Phi) is 5.23. The summed E-state index contributed by atoms with van der Waals surface area (Å²) in [4.78, 5) is 33.8. The molecule has 1 amide bonds. The maximum atomic E-state index is 12.5. The van der Waals surface area contributed by atoms with Crippen molar-refractivity contribution in [1.82, 2.24) is 14.9 Å². The van der Waals surface area contributed by atoms with Crippen molar-refractivity contribution in [3.8, 4) is 0 Å². The highest BCUT2D eigenvalue weighted by molar-refractivity contribution is 5.78. The number of aromatic amines is 1. The number of hydrogen-bond donors (Lipinski definition) is 1. The summed E-state index contributed by atoms with van der Waals surface area (Å²) in [6.07, 6.45) is 1.26. The number of nitrogens with one attached hydrogen (secondary N) is 1. The van der Waals surface area contributed by atoms with E-state index in [4.69, 9.17) is 0 Å². The Labute approximate surface area is 146 Å². The first-order valence-electron chi connectivity index (χ1n) is 8.47. The molecule has 0 saturated heterocycles. The van der Waals surface area contributed by atoms with E-state index in [2.05, 4.69) is 9.97 Å². The first-order valence-corrected chi connectivity index (χ1v) is 8.47. The number of fused-ring (bicyclic) bond motifs is 1. The predicted octanol–water partition coefficient (Wildman–Crippen LogP) is 3.25. The van der Waals surface area contributed by atoms with E-state index in [9.17, 15) is 9.59 Å². The van der Waals surface area contributed by atoms with Crippen molar-refractivity contribution in [3.63, 3.8) is 0 Å². The van der Waals surface area contributed by atoms with Crippen molar-refractivity contribution in [1.29, 1.82) is 0 Å². The molecule has 0 saturated carbocycles. The number of amides is 1. The molecule has 5 heteroatoms. The van der Waals surface area contributed by atoms with Crippen LogP contribution in [0.2, 0.25) is 0 Å². The Hall–Kier alpha value is -2.95. The van der Waals surface area contributed by atoms with Gasteiger partial charge in [0.2, 0.25) is 5.91 Å². The van der Waals surface area contributed by atoms with Crippen LogP contribution >= 0.6 is 0 Å². The van der Waals surface area contributed by atoms with Crippen LogP contribution in [-0.2, 0) is 17.9 Å². The van der Waals surface area contributed by atoms with E-state index < -0.39 is 0 Å². The number of carbonyl (C=O) groups excluding carboxylic acids is 1. The van der Waals surface area contributed by atoms with E-state index in [1.54, 1.807) is 11.0 Å². The standard InChI is InChI=1S/C20H21N3O2/c1-2-8-19(24)23(13-15-9-4-3-5-10-15)14-18-21-17-12-7-6-11-16(17)20(25)22-18/h3-7,9-12H,2,8,13-14H2,1H3,(H,21,22,25). The highest BCUT2D eigenvalue weighted by Gasteiger charge is 2.15. The normalized spacial score (nSPS) is 10.8. The second kappa shape index (κ2) is 7.75. The van der Waals surface area contributed by atoms with E-state index in [0.717, 1.165) is 12.0 Å². The molecule has 1 N–H and O–H groups in total. The number of hydrogen-bond acceptors (Lipinski definition) is 3. The first-order chi connectivity index (χ1) is 12.2. The Morgan fingerprint density at radius 3 is 2.52 bits per heavy atom. The molecule has 0 bridgehead atoms. The van der Waals surface area contributed by atoms with Gasteiger partial charge in [-0.1, -0.05) is 49.4 Å². The van der Waals surface area contributed by atoms with Crippen LogP contribution in [0.4, 0.5) is 0 Å². The topological polar surface area (TPSA) is 66.1 Å². The fourth-order valence-electron chi connectivity index (χ4n) is 2.80. The maximum absolute atomic E-state index is 12.5. The molecule has 0 aliphatic rings. The first kappa shape index (κ1) is 16.9. The Balaban J connectivity index is 1.89. The largest absolute Gasteiger partial charge is 0.331 e. The van der Waals surface area contributed by atoms with Crippen LogP contribution in [-0.4, -0.2) is 20.8 Å². The predicted molar refractivity (Wildman–Crippen MR) is 98.0 cm³/mol. The number of rotatable bonds is 6. The van der Waals surface area contributed by atoms with Gasteiger partial charge in [-0.3, -0.25) is 9.59 Å². The number of carbonyl (C=O) groups is 1. The SMILES string of the molecule is CCCC(=O)N(Cc1ccccc1)Cc1nc2ccccc2c(=O)[nH]1. The van der Waals surface area contributed by atoms with Gasteiger partial charge in [-0.15, -0.1) is 0 Å². The minimum atomic E-state index is -0.178. The number of nitrogens with zero attached hydrogens (tertiary/aromatic N) is 2. The van der Waals surface area contributed by atoms with Crippen LogP contribution in [0.15, 0.2) is 59.4 Å². The van der Waals surface area contributed by atoms with Gasteiger partial charge in [0.25, 0.3) is 5.56 Å². The summed E-state index contributed by atoms with van der Waals surface area (Å²) in [6, 6.07) is 17.0. The second-order valence-electron chi connectivity index (χ2n) is 6.02. The molecule has 2 aromatic carbocycles. The van der Waals surface area contributed by atoms with Crippen molar-refractivity contribution in [3.05, 3.63) is 76.3 Å². The molecule has 0 fully saturated rings. The number of para-hydroxylation sites is 1. The average Bonchev–Trinajstić information content (AvgIpc) is 2.62. The van der Waals surface area contributed by atoms with E-state index in [1.165, 1.54) is 0 Å². The lowest BCUT2D eigenvalue weighted by Gasteiger charge is -2.22. The lowest BCUT2D eigenvalue weighted by atomic mass is 10.2. The molecular weight excluding hydrogens is 314 g/mol. The highest BCUT2D eigenvalue weighted by Crippen LogP contribution is 2.12. The highest BCUT2D eigenvalue weighted by atomic mass is 16.2. The summed E-state index contributed by atoms with van der Waals surface area (Å²) < 4.78 is 0. The molecule has 1 aromatic heterocycles. The monoisotopic (exact) mass is 335 g/mol. The van der Waals surface area contributed by atoms with E-state index in [-0.39, 0.29) is 18.0 Å². The van der Waals surface area contributed by atoms with Gasteiger partial charge < -0.3 is 9.88 Å². The third-order valence-corrected chi connectivity index (χ3v) is 4.04. The third-order valence-electron chi connectivity index (χ3n) is 4.04. The fourth-order valence-corrected chi connectivity index (χ4v) is 2.80. The lowest BCUT2D eigenvalue weighted by Crippen LogP contribution is -2.31. The number of aromatic nitrogens is 2. The average molecular weight is 335 g/mol. The molecule has 25 heavy (non-hydrogen) atoms. The van der Waals surface area contributed by atoms with E-state index >= 15 is 0 Å². The van der Waals surface area contributed by atoms with Crippen LogP contribution in [0.3, 0.4) is 0 Å². The number of benzene rings is 2. The Bertz CT molecular complexity index is 919. The van der Waals surface area contributed by atoms with Gasteiger partial charge in [-0.25, -0.2) is 4.98 Å². The molecule has 1 heterocycles. The molecule has 128 valence electrons. The van der Waals surface area contributed by atoms with E-state index in [1.807, 2.05) is 55.5 Å². The van der Waals surface area contributed by atoms with Gasteiger partial charge in [0.1, 0.15) is 5.82 Å². The third kappa shape index (κ3) is 4.12. The minimum Gasteiger partial charge on any atom is -0.331 e. The van der Waals surface area contributed by atoms with Crippen molar-refractivity contribution in [2.24, 2.45) is 0 Å². The Morgan fingerprint density at radius 2 is 1.76 bits per heavy atom. The molecule has 3 aromatic rings. The van der Waals surface area contributed by atoms with Gasteiger partial charge in [-0.05, 0) is 24.1 Å². The molecule has 0 atom stereocenters. The fraction of sp³-hybridized carbons (Fsp3) is 0.250. The zero-order valence-electron chi connectivity index (χ0n) is 14.2. The summed E-state index contributed by atoms with van der Waals surface area (Å²) in [5, 5.41) is 0.556. The zero-order valence-corrected chi connectivity index (χ0v) is 14.2. The lowest BCUT2D eigenvalue weighted by molar-refractivity contribution is -0.132. The quantitative estimate of drug-likeness (QED) is 0.752. The summed E-state index contributed by atoms with van der Waals surface area (Å²) in [5.41, 5.74) is 1.52. The minimum absolute atomic E-state index is 0.0576. The number of H-pyrrole nitrogens is 1. The van der Waals surface area contributed by atoms with Gasteiger partial charge in [0, 0.05) is 13.0 Å². The molecule has 0 aliphatic carbocycles. The summed E-state index contributed by atoms with van der Waals surface area (Å²) >= 11 is 0. The zero-order chi connectivity index (χ0) is 17.6. The van der Waals surface area contributed by atoms with Crippen LogP contribution in [0.25, 0.3) is 10.9 Å². The van der Waals surface area contributed by atoms with Gasteiger partial charge in [0.15, 0.2) is 0 Å². The van der Waals surface area contributed by atoms with Crippen molar-refractivity contribution >= 4 is 16.8 Å². The van der Waals surface area contributed by atoms with Gasteiger partial charge in [-0.2, -0.15) is 0 Å². The molecule has 0 radical (unpaired) electrons. The smallest absolute Gasteiger partial charge is 0.258 e. The van der Waals surface area contributed by atoms with Crippen LogP contribution < -0.4 is 5.56 Å². The van der Waals surface area contributed by atoms with Gasteiger partial charge >= 0.3 is 0 Å². The molecule has 5 nitrogen and oxygen atoms in total. The maximum Gasteiger partial charge on any atom is 0.258 e. The van der Waals surface area contributed by atoms with Crippen LogP contribution in [0.5, 0.6) is 0 Å². The summed E-state index contributed by atoms with van der Waals surface area (Å²) in [6.45, 7) is 2.76. The Morgan fingerprint density at radius 1 is 1.04 bits per heavy atom. The van der Waals surface area contributed by atoms with Crippen molar-refractivity contribution < 1.29 is 4.79 Å². The molecular formula is C20H21N3O2. The summed E-state index contributed by atoms with van der Waals surface area (Å²) in [7, 11) is 0.